The first-order valence-corrected chi connectivity index (χ1v) is 6.42. The molecule has 6 heteroatoms. The monoisotopic (exact) mass is 276 g/mol. The maximum Gasteiger partial charge on any atom is 0.328 e. The Bertz CT molecular complexity index is 522. The quantitative estimate of drug-likeness (QED) is 0.786. The SMILES string of the molecule is O=C(O)/C=C/c1cccnc1C(=O)NCC1CCCO1. The van der Waals surface area contributed by atoms with Gasteiger partial charge in [0.2, 0.25) is 0 Å². The molecule has 2 N–H and O–H groups in total. The second-order valence-corrected chi connectivity index (χ2v) is 4.46. The number of aliphatic carboxylic acids is 1. The molecule has 106 valence electrons. The van der Waals surface area contributed by atoms with Crippen molar-refractivity contribution in [1.82, 2.24) is 10.3 Å². The fourth-order valence-corrected chi connectivity index (χ4v) is 2.00. The third kappa shape index (κ3) is 3.89. The topological polar surface area (TPSA) is 88.5 Å². The van der Waals surface area contributed by atoms with E-state index in [0.29, 0.717) is 12.1 Å². The van der Waals surface area contributed by atoms with Crippen LogP contribution in [-0.4, -0.2) is 41.2 Å². The molecule has 1 fully saturated rings. The van der Waals surface area contributed by atoms with Crippen molar-refractivity contribution in [3.8, 4) is 0 Å². The standard InChI is InChI=1S/C14H16N2O4/c17-12(18)6-5-10-3-1-7-15-13(10)14(19)16-9-11-4-2-8-20-11/h1,3,5-7,11H,2,4,8-9H2,(H,16,19)(H,17,18)/b6-5+. The number of pyridine rings is 1. The third-order valence-corrected chi connectivity index (χ3v) is 2.97. The van der Waals surface area contributed by atoms with Gasteiger partial charge in [-0.1, -0.05) is 6.07 Å². The fourth-order valence-electron chi connectivity index (χ4n) is 2.00. The molecule has 0 bridgehead atoms. The predicted octanol–water partition coefficient (Wildman–Crippen LogP) is 1.09. The Hall–Kier alpha value is -2.21. The molecule has 2 rings (SSSR count). The van der Waals surface area contributed by atoms with Gasteiger partial charge in [-0.15, -0.1) is 0 Å². The van der Waals surface area contributed by atoms with Gasteiger partial charge in [-0.3, -0.25) is 9.78 Å². The fraction of sp³-hybridized carbons (Fsp3) is 0.357. The molecule has 1 saturated heterocycles. The van der Waals surface area contributed by atoms with Gasteiger partial charge in [-0.05, 0) is 25.0 Å². The highest BCUT2D eigenvalue weighted by molar-refractivity contribution is 5.97. The summed E-state index contributed by atoms with van der Waals surface area (Å²) in [6, 6.07) is 3.30. The minimum Gasteiger partial charge on any atom is -0.478 e. The van der Waals surface area contributed by atoms with E-state index in [0.717, 1.165) is 25.5 Å². The van der Waals surface area contributed by atoms with Crippen molar-refractivity contribution in [1.29, 1.82) is 0 Å². The average molecular weight is 276 g/mol. The van der Waals surface area contributed by atoms with E-state index in [1.54, 1.807) is 12.1 Å². The molecule has 20 heavy (non-hydrogen) atoms. The Morgan fingerprint density at radius 2 is 2.40 bits per heavy atom. The minimum atomic E-state index is -1.07. The van der Waals surface area contributed by atoms with Crippen LogP contribution in [0.1, 0.15) is 28.9 Å². The van der Waals surface area contributed by atoms with Crippen LogP contribution in [0.25, 0.3) is 6.08 Å². The van der Waals surface area contributed by atoms with Gasteiger partial charge in [0.15, 0.2) is 0 Å². The van der Waals surface area contributed by atoms with Gasteiger partial charge in [0.25, 0.3) is 5.91 Å². The highest BCUT2D eigenvalue weighted by Gasteiger charge is 2.18. The van der Waals surface area contributed by atoms with Gasteiger partial charge in [0.05, 0.1) is 6.10 Å². The molecule has 0 spiro atoms. The van der Waals surface area contributed by atoms with E-state index in [-0.39, 0.29) is 17.7 Å². The summed E-state index contributed by atoms with van der Waals surface area (Å²) in [6.45, 7) is 1.17. The van der Waals surface area contributed by atoms with Crippen LogP contribution < -0.4 is 5.32 Å². The molecule has 1 aromatic heterocycles. The summed E-state index contributed by atoms with van der Waals surface area (Å²) in [5.74, 6) is -1.40. The lowest BCUT2D eigenvalue weighted by Gasteiger charge is -2.11. The van der Waals surface area contributed by atoms with Crippen LogP contribution in [0, 0.1) is 0 Å². The Labute approximate surface area is 116 Å². The number of aromatic nitrogens is 1. The highest BCUT2D eigenvalue weighted by Crippen LogP contribution is 2.12. The largest absolute Gasteiger partial charge is 0.478 e. The van der Waals surface area contributed by atoms with E-state index < -0.39 is 5.97 Å². The summed E-state index contributed by atoms with van der Waals surface area (Å²) in [5.41, 5.74) is 0.683. The van der Waals surface area contributed by atoms with Crippen molar-refractivity contribution >= 4 is 18.0 Å². The lowest BCUT2D eigenvalue weighted by Crippen LogP contribution is -2.32. The Morgan fingerprint density at radius 3 is 3.10 bits per heavy atom. The molecule has 1 unspecified atom stereocenters. The van der Waals surface area contributed by atoms with Gasteiger partial charge in [-0.25, -0.2) is 4.79 Å². The van der Waals surface area contributed by atoms with Crippen LogP contribution in [0.5, 0.6) is 0 Å². The average Bonchev–Trinajstić information content (AvgIpc) is 2.96. The van der Waals surface area contributed by atoms with E-state index in [9.17, 15) is 9.59 Å². The van der Waals surface area contributed by atoms with E-state index in [1.807, 2.05) is 0 Å². The number of nitrogens with one attached hydrogen (secondary N) is 1. The zero-order chi connectivity index (χ0) is 14.4. The molecule has 0 aromatic carbocycles. The van der Waals surface area contributed by atoms with Crippen LogP contribution >= 0.6 is 0 Å². The number of ether oxygens (including phenoxy) is 1. The number of nitrogens with zero attached hydrogens (tertiary/aromatic N) is 1. The second-order valence-electron chi connectivity index (χ2n) is 4.46. The number of carbonyl (C=O) groups is 2. The molecule has 0 aliphatic carbocycles. The summed E-state index contributed by atoms with van der Waals surface area (Å²) in [6.07, 6.45) is 5.84. The van der Waals surface area contributed by atoms with Crippen LogP contribution in [0.15, 0.2) is 24.4 Å². The number of hydrogen-bond acceptors (Lipinski definition) is 4. The van der Waals surface area contributed by atoms with Crippen molar-refractivity contribution < 1.29 is 19.4 Å². The van der Waals surface area contributed by atoms with E-state index in [4.69, 9.17) is 9.84 Å². The van der Waals surface area contributed by atoms with Gasteiger partial charge >= 0.3 is 5.97 Å². The molecule has 1 aliphatic rings. The molecular weight excluding hydrogens is 260 g/mol. The molecule has 1 amide bonds. The van der Waals surface area contributed by atoms with Gasteiger partial charge in [-0.2, -0.15) is 0 Å². The van der Waals surface area contributed by atoms with Crippen LogP contribution in [0.3, 0.4) is 0 Å². The highest BCUT2D eigenvalue weighted by atomic mass is 16.5. The number of rotatable bonds is 5. The van der Waals surface area contributed by atoms with Crippen LogP contribution in [-0.2, 0) is 9.53 Å². The molecule has 2 heterocycles. The molecule has 6 nitrogen and oxygen atoms in total. The molecule has 1 aromatic rings. The zero-order valence-corrected chi connectivity index (χ0v) is 10.9. The summed E-state index contributed by atoms with van der Waals surface area (Å²) in [5, 5.41) is 11.4. The van der Waals surface area contributed by atoms with Crippen molar-refractivity contribution in [2.24, 2.45) is 0 Å². The van der Waals surface area contributed by atoms with Crippen molar-refractivity contribution in [3.05, 3.63) is 35.7 Å². The summed E-state index contributed by atoms with van der Waals surface area (Å²) < 4.78 is 5.42. The minimum absolute atomic E-state index is 0.0562. The molecule has 1 aliphatic heterocycles. The predicted molar refractivity (Wildman–Crippen MR) is 72.2 cm³/mol. The van der Waals surface area contributed by atoms with Gasteiger partial charge in [0, 0.05) is 31.0 Å². The zero-order valence-electron chi connectivity index (χ0n) is 10.9. The lowest BCUT2D eigenvalue weighted by molar-refractivity contribution is -0.131. The van der Waals surface area contributed by atoms with E-state index >= 15 is 0 Å². The van der Waals surface area contributed by atoms with E-state index in [1.165, 1.54) is 12.3 Å². The normalized spacial score (nSPS) is 18.3. The Balaban J connectivity index is 2.02. The first-order chi connectivity index (χ1) is 9.66. The third-order valence-electron chi connectivity index (χ3n) is 2.97. The van der Waals surface area contributed by atoms with E-state index in [2.05, 4.69) is 10.3 Å². The van der Waals surface area contributed by atoms with Gasteiger partial charge < -0.3 is 15.2 Å². The maximum absolute atomic E-state index is 12.1. The summed E-state index contributed by atoms with van der Waals surface area (Å²) >= 11 is 0. The summed E-state index contributed by atoms with van der Waals surface area (Å²) in [4.78, 5) is 26.6. The molecule has 1 atom stereocenters. The maximum atomic E-state index is 12.1. The van der Waals surface area contributed by atoms with Crippen molar-refractivity contribution in [2.75, 3.05) is 13.2 Å². The molecular formula is C14H16N2O4. The Kier molecular flexibility index (Phi) is 4.84. The smallest absolute Gasteiger partial charge is 0.328 e. The first-order valence-electron chi connectivity index (χ1n) is 6.42. The van der Waals surface area contributed by atoms with Crippen molar-refractivity contribution in [2.45, 2.75) is 18.9 Å². The van der Waals surface area contributed by atoms with Crippen LogP contribution in [0.2, 0.25) is 0 Å². The molecule has 0 saturated carbocycles. The molecule has 0 radical (unpaired) electrons. The number of amides is 1. The summed E-state index contributed by atoms with van der Waals surface area (Å²) in [7, 11) is 0. The number of carboxylic acids is 1. The van der Waals surface area contributed by atoms with Crippen molar-refractivity contribution in [3.63, 3.8) is 0 Å². The second kappa shape index (κ2) is 6.81. The lowest BCUT2D eigenvalue weighted by atomic mass is 10.1. The Morgan fingerprint density at radius 1 is 1.55 bits per heavy atom. The first kappa shape index (κ1) is 14.2. The number of carbonyl (C=O) groups excluding carboxylic acids is 1. The number of carboxylic acid groups (broad SMARTS) is 1. The van der Waals surface area contributed by atoms with Gasteiger partial charge in [0.1, 0.15) is 5.69 Å². The van der Waals surface area contributed by atoms with Crippen LogP contribution in [0.4, 0.5) is 0 Å². The number of hydrogen-bond donors (Lipinski definition) is 2.